The molecule has 4 rings (SSSR count). The molecule has 0 saturated carbocycles. The van der Waals surface area contributed by atoms with Gasteiger partial charge in [-0.15, -0.1) is 0 Å². The van der Waals surface area contributed by atoms with Crippen LogP contribution in [0.1, 0.15) is 45.2 Å². The highest BCUT2D eigenvalue weighted by Gasteiger charge is 2.60. The highest BCUT2D eigenvalue weighted by Crippen LogP contribution is 2.52. The molecule has 0 radical (unpaired) electrons. The average molecular weight is 397 g/mol. The standard InChI is InChI=1S/C22H27N3O4/c1-4-22(21(28)29-5-2)13-14-10-11-18(22)25(14)19(26)12-17-15-8-6-7-9-16(15)20(27)24(3)23-17/h6-9,14,18H,4-5,10-13H2,1-3H3/t14-,18+,22+/m1/s1. The topological polar surface area (TPSA) is 81.5 Å². The molecule has 7 heteroatoms. The molecule has 1 aromatic carbocycles. The van der Waals surface area contributed by atoms with E-state index in [9.17, 15) is 14.4 Å². The number of hydrogen-bond acceptors (Lipinski definition) is 5. The van der Waals surface area contributed by atoms with Crippen LogP contribution < -0.4 is 5.56 Å². The minimum Gasteiger partial charge on any atom is -0.466 e. The molecule has 1 amide bonds. The molecule has 2 aromatic rings. The fourth-order valence-corrected chi connectivity index (χ4v) is 5.32. The Kier molecular flexibility index (Phi) is 4.92. The fourth-order valence-electron chi connectivity index (χ4n) is 5.32. The number of aromatic nitrogens is 2. The monoisotopic (exact) mass is 397 g/mol. The lowest BCUT2D eigenvalue weighted by Crippen LogP contribution is -2.46. The lowest BCUT2D eigenvalue weighted by Gasteiger charge is -2.34. The van der Waals surface area contributed by atoms with Crippen LogP contribution in [-0.2, 0) is 27.8 Å². The Morgan fingerprint density at radius 2 is 1.93 bits per heavy atom. The summed E-state index contributed by atoms with van der Waals surface area (Å²) in [5.41, 5.74) is -0.184. The van der Waals surface area contributed by atoms with Crippen molar-refractivity contribution < 1.29 is 14.3 Å². The molecule has 2 aliphatic heterocycles. The SMILES string of the molecule is CCOC(=O)[C@@]1(CC)C[C@H]2CC[C@@H]1N2C(=O)Cc1nn(C)c(=O)c2ccccc12. The summed E-state index contributed by atoms with van der Waals surface area (Å²) in [5.74, 6) is -0.216. The van der Waals surface area contributed by atoms with E-state index in [1.807, 2.05) is 36.9 Å². The molecule has 3 atom stereocenters. The number of aryl methyl sites for hydroxylation is 1. The number of rotatable bonds is 5. The highest BCUT2D eigenvalue weighted by molar-refractivity contribution is 5.90. The van der Waals surface area contributed by atoms with E-state index in [-0.39, 0.29) is 35.9 Å². The Morgan fingerprint density at radius 1 is 1.21 bits per heavy atom. The Hall–Kier alpha value is -2.70. The molecule has 2 saturated heterocycles. The van der Waals surface area contributed by atoms with E-state index < -0.39 is 5.41 Å². The summed E-state index contributed by atoms with van der Waals surface area (Å²) in [5, 5.41) is 5.64. The summed E-state index contributed by atoms with van der Waals surface area (Å²) in [6.45, 7) is 4.16. The average Bonchev–Trinajstić information content (AvgIpc) is 3.28. The van der Waals surface area contributed by atoms with Crippen LogP contribution in [0.15, 0.2) is 29.1 Å². The molecule has 1 aromatic heterocycles. The van der Waals surface area contributed by atoms with Gasteiger partial charge in [-0.25, -0.2) is 4.68 Å². The van der Waals surface area contributed by atoms with Gasteiger partial charge in [0.15, 0.2) is 0 Å². The number of carbonyl (C=O) groups is 2. The van der Waals surface area contributed by atoms with Crippen molar-refractivity contribution in [1.29, 1.82) is 0 Å². The van der Waals surface area contributed by atoms with Crippen molar-refractivity contribution >= 4 is 22.6 Å². The second-order valence-corrected chi connectivity index (χ2v) is 8.08. The van der Waals surface area contributed by atoms with Gasteiger partial charge in [0.05, 0.1) is 29.5 Å². The van der Waals surface area contributed by atoms with Crippen molar-refractivity contribution in [2.75, 3.05) is 6.61 Å². The molecule has 29 heavy (non-hydrogen) atoms. The van der Waals surface area contributed by atoms with E-state index in [0.29, 0.717) is 35.9 Å². The van der Waals surface area contributed by atoms with Gasteiger partial charge in [0.2, 0.25) is 5.91 Å². The summed E-state index contributed by atoms with van der Waals surface area (Å²) in [6, 6.07) is 7.19. The molecule has 0 spiro atoms. The van der Waals surface area contributed by atoms with Gasteiger partial charge >= 0.3 is 5.97 Å². The van der Waals surface area contributed by atoms with Gasteiger partial charge in [-0.05, 0) is 38.7 Å². The summed E-state index contributed by atoms with van der Waals surface area (Å²) in [4.78, 5) is 40.4. The second-order valence-electron chi connectivity index (χ2n) is 8.08. The molecular weight excluding hydrogens is 370 g/mol. The first-order chi connectivity index (χ1) is 13.9. The predicted molar refractivity (Wildman–Crippen MR) is 108 cm³/mol. The van der Waals surface area contributed by atoms with Crippen LogP contribution in [0.4, 0.5) is 0 Å². The molecule has 7 nitrogen and oxygen atoms in total. The molecule has 2 aliphatic rings. The number of ether oxygens (including phenoxy) is 1. The smallest absolute Gasteiger partial charge is 0.314 e. The number of hydrogen-bond donors (Lipinski definition) is 0. The Labute approximate surface area is 169 Å². The van der Waals surface area contributed by atoms with Gasteiger partial charge in [0, 0.05) is 24.5 Å². The Morgan fingerprint density at radius 3 is 2.62 bits per heavy atom. The summed E-state index contributed by atoms with van der Waals surface area (Å²) >= 11 is 0. The number of carbonyl (C=O) groups excluding carboxylic acids is 2. The van der Waals surface area contributed by atoms with E-state index in [1.165, 1.54) is 4.68 Å². The number of amides is 1. The van der Waals surface area contributed by atoms with Crippen LogP contribution in [0.25, 0.3) is 10.8 Å². The van der Waals surface area contributed by atoms with Crippen molar-refractivity contribution in [1.82, 2.24) is 14.7 Å². The van der Waals surface area contributed by atoms with E-state index in [2.05, 4.69) is 5.10 Å². The van der Waals surface area contributed by atoms with Crippen molar-refractivity contribution in [2.24, 2.45) is 12.5 Å². The Balaban J connectivity index is 1.65. The summed E-state index contributed by atoms with van der Waals surface area (Å²) < 4.78 is 6.67. The highest BCUT2D eigenvalue weighted by atomic mass is 16.5. The third-order valence-electron chi connectivity index (χ3n) is 6.69. The molecule has 2 fully saturated rings. The molecule has 0 aliphatic carbocycles. The van der Waals surface area contributed by atoms with Crippen molar-refractivity contribution in [3.05, 3.63) is 40.3 Å². The third kappa shape index (κ3) is 2.94. The van der Waals surface area contributed by atoms with Crippen molar-refractivity contribution in [3.63, 3.8) is 0 Å². The normalized spacial score (nSPS) is 25.6. The minimum absolute atomic E-state index is 0.0339. The first-order valence-electron chi connectivity index (χ1n) is 10.4. The van der Waals surface area contributed by atoms with Crippen LogP contribution in [0.2, 0.25) is 0 Å². The second kappa shape index (κ2) is 7.28. The van der Waals surface area contributed by atoms with Gasteiger partial charge < -0.3 is 9.64 Å². The number of benzene rings is 1. The quantitative estimate of drug-likeness (QED) is 0.723. The number of nitrogens with zero attached hydrogens (tertiary/aromatic N) is 3. The van der Waals surface area contributed by atoms with Gasteiger partial charge in [-0.2, -0.15) is 5.10 Å². The number of fused-ring (bicyclic) bond motifs is 3. The van der Waals surface area contributed by atoms with E-state index >= 15 is 0 Å². The predicted octanol–water partition coefficient (Wildman–Crippen LogP) is 2.20. The van der Waals surface area contributed by atoms with E-state index in [4.69, 9.17) is 4.74 Å². The molecule has 3 heterocycles. The fraction of sp³-hybridized carbons (Fsp3) is 0.545. The zero-order chi connectivity index (χ0) is 20.8. The first kappa shape index (κ1) is 19.6. The zero-order valence-corrected chi connectivity index (χ0v) is 17.2. The lowest BCUT2D eigenvalue weighted by atomic mass is 9.72. The third-order valence-corrected chi connectivity index (χ3v) is 6.69. The van der Waals surface area contributed by atoms with E-state index in [0.717, 1.165) is 12.8 Å². The largest absolute Gasteiger partial charge is 0.466 e. The summed E-state index contributed by atoms with van der Waals surface area (Å²) in [6.07, 6.45) is 3.19. The van der Waals surface area contributed by atoms with Gasteiger partial charge in [0.1, 0.15) is 0 Å². The molecule has 0 N–H and O–H groups in total. The first-order valence-corrected chi connectivity index (χ1v) is 10.4. The maximum Gasteiger partial charge on any atom is 0.314 e. The van der Waals surface area contributed by atoms with Gasteiger partial charge in [-0.3, -0.25) is 14.4 Å². The molecule has 154 valence electrons. The van der Waals surface area contributed by atoms with Crippen LogP contribution in [0, 0.1) is 5.41 Å². The van der Waals surface area contributed by atoms with Crippen molar-refractivity contribution in [3.8, 4) is 0 Å². The van der Waals surface area contributed by atoms with Crippen LogP contribution in [-0.4, -0.2) is 45.2 Å². The van der Waals surface area contributed by atoms with Crippen LogP contribution >= 0.6 is 0 Å². The Bertz CT molecular complexity index is 1030. The van der Waals surface area contributed by atoms with Crippen LogP contribution in [0.5, 0.6) is 0 Å². The maximum absolute atomic E-state index is 13.3. The van der Waals surface area contributed by atoms with Crippen molar-refractivity contribution in [2.45, 2.75) is 58.0 Å². The lowest BCUT2D eigenvalue weighted by molar-refractivity contribution is -0.158. The summed E-state index contributed by atoms with van der Waals surface area (Å²) in [7, 11) is 1.60. The van der Waals surface area contributed by atoms with Gasteiger partial charge in [-0.1, -0.05) is 25.1 Å². The van der Waals surface area contributed by atoms with Crippen LogP contribution in [0.3, 0.4) is 0 Å². The number of esters is 1. The molecule has 0 unspecified atom stereocenters. The maximum atomic E-state index is 13.3. The molecule has 2 bridgehead atoms. The molecular formula is C22H27N3O4. The van der Waals surface area contributed by atoms with Gasteiger partial charge in [0.25, 0.3) is 5.56 Å². The zero-order valence-electron chi connectivity index (χ0n) is 17.2. The van der Waals surface area contributed by atoms with E-state index in [1.54, 1.807) is 13.1 Å². The minimum atomic E-state index is -0.604.